The third-order valence-electron chi connectivity index (χ3n) is 4.70. The number of nitrogens with zero attached hydrogens (tertiary/aromatic N) is 2. The van der Waals surface area contributed by atoms with E-state index in [9.17, 15) is 13.2 Å². The van der Waals surface area contributed by atoms with Crippen molar-refractivity contribution in [3.8, 4) is 0 Å². The van der Waals surface area contributed by atoms with Crippen LogP contribution in [0.4, 0.5) is 5.69 Å². The Kier molecular flexibility index (Phi) is 7.68. The number of carbonyl (C=O) groups excluding carboxylic acids is 1. The predicted octanol–water partition coefficient (Wildman–Crippen LogP) is 4.64. The van der Waals surface area contributed by atoms with Crippen molar-refractivity contribution in [1.82, 2.24) is 5.43 Å². The fraction of sp³-hybridized carbons (Fsp3) is 0.167. The summed E-state index contributed by atoms with van der Waals surface area (Å²) >= 11 is 2.21. The molecule has 1 N–H and O–H groups in total. The van der Waals surface area contributed by atoms with Gasteiger partial charge in [-0.1, -0.05) is 36.4 Å². The van der Waals surface area contributed by atoms with Gasteiger partial charge in [0, 0.05) is 3.57 Å². The molecule has 8 heteroatoms. The number of amides is 1. The van der Waals surface area contributed by atoms with E-state index in [4.69, 9.17) is 0 Å². The number of hydrazone groups is 1. The zero-order valence-electron chi connectivity index (χ0n) is 18.0. The Morgan fingerprint density at radius 2 is 1.62 bits per heavy atom. The Balaban J connectivity index is 1.90. The quantitative estimate of drug-likeness (QED) is 0.259. The summed E-state index contributed by atoms with van der Waals surface area (Å²) in [5, 5.41) is 4.16. The highest BCUT2D eigenvalue weighted by Crippen LogP contribution is 2.25. The van der Waals surface area contributed by atoms with Crippen LogP contribution in [0.25, 0.3) is 0 Å². The second-order valence-electron chi connectivity index (χ2n) is 7.41. The molecule has 3 rings (SSSR count). The van der Waals surface area contributed by atoms with E-state index >= 15 is 0 Å². The molecule has 0 heterocycles. The van der Waals surface area contributed by atoms with E-state index in [1.54, 1.807) is 37.3 Å². The molecule has 0 fully saturated rings. The zero-order chi connectivity index (χ0) is 23.3. The van der Waals surface area contributed by atoms with Gasteiger partial charge < -0.3 is 0 Å². The van der Waals surface area contributed by atoms with Gasteiger partial charge in [0.1, 0.15) is 6.54 Å². The van der Waals surface area contributed by atoms with E-state index in [2.05, 4.69) is 33.1 Å². The number of rotatable bonds is 7. The SMILES string of the molecule is C/C(=N/NC(=O)CN(c1cc(C)cc(C)c1)S(=O)(=O)c1ccccc1)c1cccc(I)c1. The third-order valence-corrected chi connectivity index (χ3v) is 7.16. The first-order chi connectivity index (χ1) is 15.2. The van der Waals surface area contributed by atoms with Crippen LogP contribution in [-0.4, -0.2) is 26.6 Å². The second kappa shape index (κ2) is 10.3. The molecule has 0 atom stereocenters. The van der Waals surface area contributed by atoms with Crippen LogP contribution < -0.4 is 9.73 Å². The van der Waals surface area contributed by atoms with E-state index in [0.717, 1.165) is 24.6 Å². The van der Waals surface area contributed by atoms with Gasteiger partial charge in [0.05, 0.1) is 16.3 Å². The van der Waals surface area contributed by atoms with Crippen molar-refractivity contribution in [2.24, 2.45) is 5.10 Å². The molecule has 0 aliphatic rings. The van der Waals surface area contributed by atoms with Gasteiger partial charge in [-0.15, -0.1) is 0 Å². The summed E-state index contributed by atoms with van der Waals surface area (Å²) < 4.78 is 29.0. The normalized spacial score (nSPS) is 11.8. The van der Waals surface area contributed by atoms with E-state index in [1.807, 2.05) is 44.2 Å². The molecule has 0 aliphatic carbocycles. The van der Waals surface area contributed by atoms with Gasteiger partial charge >= 0.3 is 0 Å². The van der Waals surface area contributed by atoms with Crippen LogP contribution in [0.5, 0.6) is 0 Å². The van der Waals surface area contributed by atoms with Gasteiger partial charge in [-0.05, 0) is 96.5 Å². The monoisotopic (exact) mass is 561 g/mol. The topological polar surface area (TPSA) is 78.8 Å². The van der Waals surface area contributed by atoms with Crippen LogP contribution in [0.2, 0.25) is 0 Å². The molecule has 0 unspecified atom stereocenters. The van der Waals surface area contributed by atoms with Gasteiger partial charge in [0.2, 0.25) is 0 Å². The van der Waals surface area contributed by atoms with E-state index in [0.29, 0.717) is 11.4 Å². The number of anilines is 1. The first-order valence-corrected chi connectivity index (χ1v) is 12.4. The Morgan fingerprint density at radius 1 is 0.969 bits per heavy atom. The summed E-state index contributed by atoms with van der Waals surface area (Å²) in [6.45, 7) is 5.16. The molecule has 3 aromatic carbocycles. The molecule has 0 spiro atoms. The van der Waals surface area contributed by atoms with Crippen LogP contribution in [0.15, 0.2) is 82.8 Å². The van der Waals surface area contributed by atoms with Crippen molar-refractivity contribution in [2.45, 2.75) is 25.7 Å². The van der Waals surface area contributed by atoms with Gasteiger partial charge in [0.25, 0.3) is 15.9 Å². The lowest BCUT2D eigenvalue weighted by atomic mass is 10.1. The first kappa shape index (κ1) is 23.9. The molecule has 32 heavy (non-hydrogen) atoms. The highest BCUT2D eigenvalue weighted by molar-refractivity contribution is 14.1. The molecule has 0 radical (unpaired) electrons. The predicted molar refractivity (Wildman–Crippen MR) is 136 cm³/mol. The van der Waals surface area contributed by atoms with Gasteiger partial charge in [-0.2, -0.15) is 5.10 Å². The first-order valence-electron chi connectivity index (χ1n) is 9.92. The number of hydrogen-bond donors (Lipinski definition) is 1. The molecule has 166 valence electrons. The fourth-order valence-corrected chi connectivity index (χ4v) is 5.19. The minimum atomic E-state index is -3.96. The molecule has 3 aromatic rings. The Bertz CT molecular complexity index is 1240. The van der Waals surface area contributed by atoms with Crippen LogP contribution >= 0.6 is 22.6 Å². The molecular formula is C24H24IN3O3S. The average molecular weight is 561 g/mol. The summed E-state index contributed by atoms with van der Waals surface area (Å²) in [5.74, 6) is -0.534. The Morgan fingerprint density at radius 3 is 2.25 bits per heavy atom. The molecule has 0 saturated carbocycles. The number of nitrogens with one attached hydrogen (secondary N) is 1. The molecule has 0 aliphatic heterocycles. The summed E-state index contributed by atoms with van der Waals surface area (Å²) in [6.07, 6.45) is 0. The summed E-state index contributed by atoms with van der Waals surface area (Å²) in [4.78, 5) is 12.9. The lowest BCUT2D eigenvalue weighted by molar-refractivity contribution is -0.119. The van der Waals surface area contributed by atoms with Crippen LogP contribution in [0, 0.1) is 17.4 Å². The second-order valence-corrected chi connectivity index (χ2v) is 10.5. The molecule has 6 nitrogen and oxygen atoms in total. The smallest absolute Gasteiger partial charge is 0.264 e. The van der Waals surface area contributed by atoms with Crippen molar-refractivity contribution in [3.63, 3.8) is 0 Å². The van der Waals surface area contributed by atoms with Crippen molar-refractivity contribution >= 4 is 49.9 Å². The Hall–Kier alpha value is -2.72. The third kappa shape index (κ3) is 5.95. The number of benzene rings is 3. The maximum Gasteiger partial charge on any atom is 0.264 e. The van der Waals surface area contributed by atoms with Crippen molar-refractivity contribution in [1.29, 1.82) is 0 Å². The van der Waals surface area contributed by atoms with Gasteiger partial charge in [-0.3, -0.25) is 9.10 Å². The summed E-state index contributed by atoms with van der Waals surface area (Å²) in [7, 11) is -3.96. The largest absolute Gasteiger partial charge is 0.271 e. The van der Waals surface area contributed by atoms with Crippen molar-refractivity contribution in [2.75, 3.05) is 10.8 Å². The average Bonchev–Trinajstić information content (AvgIpc) is 2.75. The summed E-state index contributed by atoms with van der Waals surface area (Å²) in [5.41, 5.74) is 6.23. The maximum atomic E-state index is 13.4. The molecule has 1 amide bonds. The number of hydrogen-bond acceptors (Lipinski definition) is 4. The van der Waals surface area contributed by atoms with Crippen LogP contribution in [0.1, 0.15) is 23.6 Å². The van der Waals surface area contributed by atoms with Crippen molar-refractivity contribution < 1.29 is 13.2 Å². The minimum absolute atomic E-state index is 0.116. The highest BCUT2D eigenvalue weighted by Gasteiger charge is 2.27. The molecular weight excluding hydrogens is 537 g/mol. The van der Waals surface area contributed by atoms with E-state index in [-0.39, 0.29) is 4.90 Å². The van der Waals surface area contributed by atoms with Gasteiger partial charge in [-0.25, -0.2) is 13.8 Å². The zero-order valence-corrected chi connectivity index (χ0v) is 21.0. The lowest BCUT2D eigenvalue weighted by Gasteiger charge is -2.24. The number of halogens is 1. The van der Waals surface area contributed by atoms with Gasteiger partial charge in [0.15, 0.2) is 0 Å². The Labute approximate surface area is 202 Å². The molecule has 0 saturated heterocycles. The minimum Gasteiger partial charge on any atom is -0.271 e. The number of sulfonamides is 1. The number of aryl methyl sites for hydroxylation is 2. The summed E-state index contributed by atoms with van der Waals surface area (Å²) in [6, 6.07) is 21.3. The maximum absolute atomic E-state index is 13.4. The molecule has 0 bridgehead atoms. The van der Waals surface area contributed by atoms with Crippen LogP contribution in [-0.2, 0) is 14.8 Å². The van der Waals surface area contributed by atoms with Crippen molar-refractivity contribution in [3.05, 3.63) is 93.1 Å². The number of carbonyl (C=O) groups is 1. The van der Waals surface area contributed by atoms with E-state index in [1.165, 1.54) is 12.1 Å². The fourth-order valence-electron chi connectivity index (χ4n) is 3.22. The lowest BCUT2D eigenvalue weighted by Crippen LogP contribution is -2.39. The standard InChI is InChI=1S/C24H24IN3O3S/c1-17-12-18(2)14-22(13-17)28(32(30,31)23-10-5-4-6-11-23)16-24(29)27-26-19(3)20-8-7-9-21(25)15-20/h4-15H,16H2,1-3H3,(H,27,29)/b26-19-. The molecule has 0 aromatic heterocycles. The van der Waals surface area contributed by atoms with E-state index < -0.39 is 22.5 Å². The highest BCUT2D eigenvalue weighted by atomic mass is 127. The van der Waals surface area contributed by atoms with Crippen LogP contribution in [0.3, 0.4) is 0 Å².